The molecule has 0 fully saturated rings. The van der Waals surface area contributed by atoms with Crippen molar-refractivity contribution in [3.63, 3.8) is 0 Å². The van der Waals surface area contributed by atoms with E-state index in [0.717, 1.165) is 11.1 Å². The van der Waals surface area contributed by atoms with E-state index in [0.29, 0.717) is 17.8 Å². The molecule has 0 bridgehead atoms. The number of para-hydroxylation sites is 1. The van der Waals surface area contributed by atoms with Gasteiger partial charge in [0.25, 0.3) is 5.91 Å². The minimum atomic E-state index is -0.296. The van der Waals surface area contributed by atoms with Crippen LogP contribution in [0.4, 0.5) is 5.69 Å². The van der Waals surface area contributed by atoms with Gasteiger partial charge in [0.15, 0.2) is 0 Å². The smallest absolute Gasteiger partial charge is 0.268 e. The van der Waals surface area contributed by atoms with Crippen LogP contribution in [0.1, 0.15) is 30.0 Å². The van der Waals surface area contributed by atoms with Crippen LogP contribution in [0.5, 0.6) is 0 Å². The highest BCUT2D eigenvalue weighted by Crippen LogP contribution is 2.23. The summed E-state index contributed by atoms with van der Waals surface area (Å²) >= 11 is 0. The molecule has 1 aliphatic heterocycles. The SMILES string of the molecule is O=C(NC(c1ccccc1)c1ccccc1)C1=NN(c2ccccc2)C(=O)CC1. The van der Waals surface area contributed by atoms with E-state index in [1.807, 2.05) is 78.9 Å². The van der Waals surface area contributed by atoms with Gasteiger partial charge in [0.2, 0.25) is 5.91 Å². The molecule has 2 amide bonds. The molecular formula is C24H21N3O2. The zero-order chi connectivity index (χ0) is 20.1. The Bertz CT molecular complexity index is 978. The first-order valence-corrected chi connectivity index (χ1v) is 9.58. The van der Waals surface area contributed by atoms with Crippen molar-refractivity contribution in [2.24, 2.45) is 5.10 Å². The molecule has 0 aromatic heterocycles. The number of hydrogen-bond donors (Lipinski definition) is 1. The summed E-state index contributed by atoms with van der Waals surface area (Å²) in [5, 5.41) is 8.78. The molecule has 0 saturated carbocycles. The molecule has 0 aliphatic carbocycles. The Balaban J connectivity index is 1.61. The third-order valence-corrected chi connectivity index (χ3v) is 4.84. The Hall–Kier alpha value is -3.73. The van der Waals surface area contributed by atoms with Crippen LogP contribution >= 0.6 is 0 Å². The van der Waals surface area contributed by atoms with Gasteiger partial charge >= 0.3 is 0 Å². The zero-order valence-corrected chi connectivity index (χ0v) is 15.9. The summed E-state index contributed by atoms with van der Waals surface area (Å²) < 4.78 is 0. The van der Waals surface area contributed by atoms with Gasteiger partial charge in [0, 0.05) is 12.8 Å². The summed E-state index contributed by atoms with van der Waals surface area (Å²) in [4.78, 5) is 25.4. The van der Waals surface area contributed by atoms with Crippen molar-refractivity contribution in [2.75, 3.05) is 5.01 Å². The minimum absolute atomic E-state index is 0.115. The third-order valence-electron chi connectivity index (χ3n) is 4.84. The molecule has 0 spiro atoms. The van der Waals surface area contributed by atoms with E-state index < -0.39 is 0 Å². The molecule has 144 valence electrons. The van der Waals surface area contributed by atoms with Crippen LogP contribution < -0.4 is 10.3 Å². The number of nitrogens with zero attached hydrogens (tertiary/aromatic N) is 2. The first-order valence-electron chi connectivity index (χ1n) is 9.58. The van der Waals surface area contributed by atoms with Crippen molar-refractivity contribution in [1.29, 1.82) is 0 Å². The second kappa shape index (κ2) is 8.52. The molecule has 1 heterocycles. The van der Waals surface area contributed by atoms with E-state index in [4.69, 9.17) is 0 Å². The van der Waals surface area contributed by atoms with Crippen molar-refractivity contribution >= 4 is 23.2 Å². The van der Waals surface area contributed by atoms with Gasteiger partial charge in [0.1, 0.15) is 5.71 Å². The van der Waals surface area contributed by atoms with Crippen molar-refractivity contribution in [3.05, 3.63) is 102 Å². The van der Waals surface area contributed by atoms with Crippen LogP contribution in [0.2, 0.25) is 0 Å². The van der Waals surface area contributed by atoms with Gasteiger partial charge in [-0.25, -0.2) is 5.01 Å². The van der Waals surface area contributed by atoms with E-state index in [1.165, 1.54) is 5.01 Å². The standard InChI is InChI=1S/C24H21N3O2/c28-22-17-16-21(26-27(22)20-14-8-3-9-15-20)24(29)25-23(18-10-4-1-5-11-18)19-12-6-2-7-13-19/h1-15,23H,16-17H2,(H,25,29). The Morgan fingerprint density at radius 3 is 1.86 bits per heavy atom. The zero-order valence-electron chi connectivity index (χ0n) is 15.9. The third kappa shape index (κ3) is 4.24. The molecule has 29 heavy (non-hydrogen) atoms. The van der Waals surface area contributed by atoms with Crippen LogP contribution in [0.15, 0.2) is 96.1 Å². The Morgan fingerprint density at radius 1 is 0.793 bits per heavy atom. The number of amides is 2. The molecule has 1 N–H and O–H groups in total. The van der Waals surface area contributed by atoms with E-state index in [-0.39, 0.29) is 24.3 Å². The van der Waals surface area contributed by atoms with Crippen molar-refractivity contribution < 1.29 is 9.59 Å². The summed E-state index contributed by atoms with van der Waals surface area (Å²) in [6.07, 6.45) is 0.576. The highest BCUT2D eigenvalue weighted by molar-refractivity contribution is 6.40. The highest BCUT2D eigenvalue weighted by atomic mass is 16.2. The van der Waals surface area contributed by atoms with Gasteiger partial charge in [0.05, 0.1) is 11.7 Å². The van der Waals surface area contributed by atoms with Gasteiger partial charge < -0.3 is 5.32 Å². The molecular weight excluding hydrogens is 362 g/mol. The second-order valence-corrected chi connectivity index (χ2v) is 6.82. The average molecular weight is 383 g/mol. The van der Waals surface area contributed by atoms with Gasteiger partial charge in [-0.05, 0) is 23.3 Å². The Kier molecular flexibility index (Phi) is 5.47. The fraction of sp³-hybridized carbons (Fsp3) is 0.125. The molecule has 3 aromatic rings. The van der Waals surface area contributed by atoms with Crippen molar-refractivity contribution in [1.82, 2.24) is 5.32 Å². The summed E-state index contributed by atoms with van der Waals surface area (Å²) in [5.74, 6) is -0.383. The molecule has 4 rings (SSSR count). The number of anilines is 1. The molecule has 1 aliphatic rings. The lowest BCUT2D eigenvalue weighted by Gasteiger charge is -2.25. The average Bonchev–Trinajstić information content (AvgIpc) is 2.79. The number of nitrogens with one attached hydrogen (secondary N) is 1. The second-order valence-electron chi connectivity index (χ2n) is 6.82. The topological polar surface area (TPSA) is 61.8 Å². The highest BCUT2D eigenvalue weighted by Gasteiger charge is 2.27. The molecule has 0 atom stereocenters. The first-order chi connectivity index (χ1) is 14.2. The predicted octanol–water partition coefficient (Wildman–Crippen LogP) is 4.08. The maximum Gasteiger partial charge on any atom is 0.268 e. The summed E-state index contributed by atoms with van der Waals surface area (Å²) in [7, 11) is 0. The van der Waals surface area contributed by atoms with Gasteiger partial charge in [-0.15, -0.1) is 0 Å². The van der Waals surface area contributed by atoms with Crippen LogP contribution in [-0.2, 0) is 9.59 Å². The van der Waals surface area contributed by atoms with Crippen LogP contribution in [0, 0.1) is 0 Å². The lowest BCUT2D eigenvalue weighted by molar-refractivity contribution is -0.119. The maximum absolute atomic E-state index is 13.1. The van der Waals surface area contributed by atoms with Crippen LogP contribution in [0.25, 0.3) is 0 Å². The fourth-order valence-corrected chi connectivity index (χ4v) is 3.35. The van der Waals surface area contributed by atoms with Gasteiger partial charge in [-0.3, -0.25) is 9.59 Å². The lowest BCUT2D eigenvalue weighted by Crippen LogP contribution is -2.40. The minimum Gasteiger partial charge on any atom is -0.340 e. The largest absolute Gasteiger partial charge is 0.340 e. The Morgan fingerprint density at radius 2 is 1.31 bits per heavy atom. The van der Waals surface area contributed by atoms with E-state index >= 15 is 0 Å². The van der Waals surface area contributed by atoms with Gasteiger partial charge in [-0.1, -0.05) is 78.9 Å². The molecule has 0 saturated heterocycles. The summed E-state index contributed by atoms with van der Waals surface area (Å²) in [6.45, 7) is 0. The van der Waals surface area contributed by atoms with Crippen molar-refractivity contribution in [2.45, 2.75) is 18.9 Å². The number of hydrazone groups is 1. The molecule has 5 heteroatoms. The first kappa shape index (κ1) is 18.6. The predicted molar refractivity (Wildman–Crippen MR) is 113 cm³/mol. The molecule has 3 aromatic carbocycles. The van der Waals surface area contributed by atoms with Crippen LogP contribution in [-0.4, -0.2) is 17.5 Å². The van der Waals surface area contributed by atoms with Crippen LogP contribution in [0.3, 0.4) is 0 Å². The fourth-order valence-electron chi connectivity index (χ4n) is 3.35. The lowest BCUT2D eigenvalue weighted by atomic mass is 9.98. The van der Waals surface area contributed by atoms with E-state index in [2.05, 4.69) is 10.4 Å². The van der Waals surface area contributed by atoms with Crippen molar-refractivity contribution in [3.8, 4) is 0 Å². The quantitative estimate of drug-likeness (QED) is 0.722. The summed E-state index contributed by atoms with van der Waals surface area (Å²) in [6, 6.07) is 28.5. The normalized spacial score (nSPS) is 13.9. The number of hydrogen-bond acceptors (Lipinski definition) is 3. The molecule has 5 nitrogen and oxygen atoms in total. The van der Waals surface area contributed by atoms with E-state index in [9.17, 15) is 9.59 Å². The van der Waals surface area contributed by atoms with Gasteiger partial charge in [-0.2, -0.15) is 5.10 Å². The Labute approximate surface area is 169 Å². The number of benzene rings is 3. The molecule has 0 unspecified atom stereocenters. The maximum atomic E-state index is 13.1. The molecule has 0 radical (unpaired) electrons. The number of carbonyl (C=O) groups excluding carboxylic acids is 2. The van der Waals surface area contributed by atoms with E-state index in [1.54, 1.807) is 12.1 Å². The summed E-state index contributed by atoms with van der Waals surface area (Å²) in [5.41, 5.74) is 2.98. The number of rotatable bonds is 5. The number of carbonyl (C=O) groups is 2. The monoisotopic (exact) mass is 383 g/mol.